The van der Waals surface area contributed by atoms with Crippen LogP contribution in [-0.2, 0) is 4.74 Å². The minimum Gasteiger partial charge on any atom is -0.383 e. The van der Waals surface area contributed by atoms with Crippen molar-refractivity contribution in [1.82, 2.24) is 5.32 Å². The van der Waals surface area contributed by atoms with Crippen LogP contribution in [0.2, 0.25) is 0 Å². The monoisotopic (exact) mass is 201 g/mol. The Bertz CT molecular complexity index is 125. The number of hydrogen-bond donors (Lipinski definition) is 1. The van der Waals surface area contributed by atoms with E-state index in [0.29, 0.717) is 18.0 Å². The van der Waals surface area contributed by atoms with Crippen LogP contribution < -0.4 is 5.32 Å². The van der Waals surface area contributed by atoms with Gasteiger partial charge >= 0.3 is 0 Å². The second-order valence-electron chi connectivity index (χ2n) is 4.37. The van der Waals surface area contributed by atoms with Crippen LogP contribution in [0.25, 0.3) is 0 Å². The summed E-state index contributed by atoms with van der Waals surface area (Å²) in [4.78, 5) is 0. The molecule has 14 heavy (non-hydrogen) atoms. The molecule has 0 aliphatic rings. The molecule has 0 aromatic carbocycles. The number of methoxy groups -OCH3 is 1. The predicted octanol–water partition coefficient (Wildman–Crippen LogP) is 2.83. The Labute approximate surface area is 89.4 Å². The summed E-state index contributed by atoms with van der Waals surface area (Å²) in [5.74, 6) is 0.640. The summed E-state index contributed by atoms with van der Waals surface area (Å²) in [7, 11) is 1.78. The van der Waals surface area contributed by atoms with Crippen molar-refractivity contribution in [2.75, 3.05) is 13.7 Å². The Hall–Kier alpha value is -0.0800. The van der Waals surface area contributed by atoms with Crippen LogP contribution in [-0.4, -0.2) is 25.8 Å². The van der Waals surface area contributed by atoms with Crippen molar-refractivity contribution < 1.29 is 4.74 Å². The lowest BCUT2D eigenvalue weighted by atomic mass is 10.0. The maximum atomic E-state index is 5.23. The van der Waals surface area contributed by atoms with Crippen molar-refractivity contribution in [1.29, 1.82) is 0 Å². The first-order valence-electron chi connectivity index (χ1n) is 5.90. The number of ether oxygens (including phenoxy) is 1. The summed E-state index contributed by atoms with van der Waals surface area (Å²) in [6, 6.07) is 1.15. The molecule has 0 saturated heterocycles. The van der Waals surface area contributed by atoms with Crippen molar-refractivity contribution in [3.8, 4) is 0 Å². The van der Waals surface area contributed by atoms with Gasteiger partial charge in [-0.3, -0.25) is 0 Å². The normalized spacial score (nSPS) is 15.9. The van der Waals surface area contributed by atoms with E-state index in [1.54, 1.807) is 7.11 Å². The Kier molecular flexibility index (Phi) is 8.20. The first-order valence-corrected chi connectivity index (χ1v) is 5.90. The zero-order valence-electron chi connectivity index (χ0n) is 10.5. The van der Waals surface area contributed by atoms with Gasteiger partial charge in [-0.1, -0.05) is 34.1 Å². The van der Waals surface area contributed by atoms with Gasteiger partial charge in [0, 0.05) is 19.2 Å². The van der Waals surface area contributed by atoms with Gasteiger partial charge in [0.15, 0.2) is 0 Å². The van der Waals surface area contributed by atoms with Crippen molar-refractivity contribution in [2.24, 2.45) is 5.92 Å². The molecule has 0 heterocycles. The minimum atomic E-state index is 0.497. The van der Waals surface area contributed by atoms with Crippen molar-refractivity contribution >= 4 is 0 Å². The van der Waals surface area contributed by atoms with Gasteiger partial charge in [0.25, 0.3) is 0 Å². The fraction of sp³-hybridized carbons (Fsp3) is 1.00. The van der Waals surface area contributed by atoms with Crippen molar-refractivity contribution in [2.45, 2.75) is 59.0 Å². The van der Waals surface area contributed by atoms with E-state index in [4.69, 9.17) is 4.74 Å². The van der Waals surface area contributed by atoms with E-state index in [2.05, 4.69) is 33.0 Å². The maximum absolute atomic E-state index is 5.23. The molecule has 2 nitrogen and oxygen atoms in total. The van der Waals surface area contributed by atoms with Crippen molar-refractivity contribution in [3.05, 3.63) is 0 Å². The molecule has 0 aliphatic carbocycles. The highest BCUT2D eigenvalue weighted by molar-refractivity contribution is 4.75. The summed E-state index contributed by atoms with van der Waals surface area (Å²) in [5, 5.41) is 3.68. The van der Waals surface area contributed by atoms with E-state index in [1.807, 2.05) is 0 Å². The quantitative estimate of drug-likeness (QED) is 0.652. The molecular formula is C12H27NO. The average molecular weight is 201 g/mol. The Morgan fingerprint density at radius 2 is 1.86 bits per heavy atom. The highest BCUT2D eigenvalue weighted by atomic mass is 16.5. The fourth-order valence-corrected chi connectivity index (χ4v) is 1.67. The molecule has 0 bridgehead atoms. The largest absolute Gasteiger partial charge is 0.383 e. The van der Waals surface area contributed by atoms with Crippen LogP contribution in [0, 0.1) is 5.92 Å². The van der Waals surface area contributed by atoms with Gasteiger partial charge in [0.1, 0.15) is 0 Å². The molecule has 0 amide bonds. The van der Waals surface area contributed by atoms with Crippen LogP contribution in [0.3, 0.4) is 0 Å². The Morgan fingerprint density at radius 1 is 1.21 bits per heavy atom. The Balaban J connectivity index is 3.97. The molecule has 0 aromatic heterocycles. The maximum Gasteiger partial charge on any atom is 0.0618 e. The van der Waals surface area contributed by atoms with Gasteiger partial charge in [-0.2, -0.15) is 0 Å². The van der Waals surface area contributed by atoms with Gasteiger partial charge in [-0.05, 0) is 18.8 Å². The molecule has 0 aliphatic heterocycles. The Morgan fingerprint density at radius 3 is 2.21 bits per heavy atom. The van der Waals surface area contributed by atoms with E-state index < -0.39 is 0 Å². The molecule has 0 saturated carbocycles. The molecule has 0 spiro atoms. The van der Waals surface area contributed by atoms with E-state index in [1.165, 1.54) is 19.3 Å². The fourth-order valence-electron chi connectivity index (χ4n) is 1.67. The SMILES string of the molecule is CCCC(CC)NC(COC)C(C)C. The van der Waals surface area contributed by atoms with Crippen molar-refractivity contribution in [3.63, 3.8) is 0 Å². The topological polar surface area (TPSA) is 21.3 Å². The third-order valence-corrected chi connectivity index (χ3v) is 2.73. The van der Waals surface area contributed by atoms with Gasteiger partial charge in [0.2, 0.25) is 0 Å². The zero-order chi connectivity index (χ0) is 11.0. The van der Waals surface area contributed by atoms with Crippen LogP contribution in [0.1, 0.15) is 47.0 Å². The molecule has 2 heteroatoms. The van der Waals surface area contributed by atoms with Crippen LogP contribution in [0.5, 0.6) is 0 Å². The minimum absolute atomic E-state index is 0.497. The average Bonchev–Trinajstić information content (AvgIpc) is 2.15. The molecule has 2 unspecified atom stereocenters. The molecule has 0 radical (unpaired) electrons. The summed E-state index contributed by atoms with van der Waals surface area (Å²) >= 11 is 0. The van der Waals surface area contributed by atoms with E-state index >= 15 is 0 Å². The molecule has 0 fully saturated rings. The van der Waals surface area contributed by atoms with E-state index in [0.717, 1.165) is 6.61 Å². The van der Waals surface area contributed by atoms with E-state index in [-0.39, 0.29) is 0 Å². The number of rotatable bonds is 8. The molecule has 0 rings (SSSR count). The first-order chi connectivity index (χ1) is 6.65. The van der Waals surface area contributed by atoms with Gasteiger partial charge in [-0.15, -0.1) is 0 Å². The first kappa shape index (κ1) is 13.9. The van der Waals surface area contributed by atoms with Crippen LogP contribution in [0.15, 0.2) is 0 Å². The van der Waals surface area contributed by atoms with Crippen LogP contribution in [0.4, 0.5) is 0 Å². The molecule has 1 N–H and O–H groups in total. The summed E-state index contributed by atoms with van der Waals surface area (Å²) in [6.45, 7) is 9.80. The highest BCUT2D eigenvalue weighted by Crippen LogP contribution is 2.08. The molecule has 2 atom stereocenters. The zero-order valence-corrected chi connectivity index (χ0v) is 10.5. The lowest BCUT2D eigenvalue weighted by Crippen LogP contribution is -2.43. The third kappa shape index (κ3) is 5.61. The number of hydrogen-bond acceptors (Lipinski definition) is 2. The summed E-state index contributed by atoms with van der Waals surface area (Å²) in [5.41, 5.74) is 0. The van der Waals surface area contributed by atoms with Gasteiger partial charge in [-0.25, -0.2) is 0 Å². The highest BCUT2D eigenvalue weighted by Gasteiger charge is 2.16. The second kappa shape index (κ2) is 8.25. The van der Waals surface area contributed by atoms with Gasteiger partial charge in [0.05, 0.1) is 6.61 Å². The predicted molar refractivity (Wildman–Crippen MR) is 62.6 cm³/mol. The van der Waals surface area contributed by atoms with Gasteiger partial charge < -0.3 is 10.1 Å². The summed E-state index contributed by atoms with van der Waals surface area (Å²) in [6.07, 6.45) is 3.73. The smallest absolute Gasteiger partial charge is 0.0618 e. The lowest BCUT2D eigenvalue weighted by molar-refractivity contribution is 0.138. The standard InChI is InChI=1S/C12H27NO/c1-6-8-11(7-2)13-12(9-14-5)10(3)4/h10-13H,6-9H2,1-5H3. The molecule has 0 aromatic rings. The molecule has 86 valence electrons. The lowest BCUT2D eigenvalue weighted by Gasteiger charge is -2.27. The molecular weight excluding hydrogens is 174 g/mol. The third-order valence-electron chi connectivity index (χ3n) is 2.73. The van der Waals surface area contributed by atoms with E-state index in [9.17, 15) is 0 Å². The number of nitrogens with one attached hydrogen (secondary N) is 1. The summed E-state index contributed by atoms with van der Waals surface area (Å²) < 4.78 is 5.23. The second-order valence-corrected chi connectivity index (χ2v) is 4.37. The van der Waals surface area contributed by atoms with Crippen LogP contribution >= 0.6 is 0 Å².